The molecule has 0 spiro atoms. The first-order chi connectivity index (χ1) is 14.7. The summed E-state index contributed by atoms with van der Waals surface area (Å²) in [6.45, 7) is 2.72. The van der Waals surface area contributed by atoms with Crippen LogP contribution in [0.4, 0.5) is 5.13 Å². The van der Waals surface area contributed by atoms with Gasteiger partial charge in [0.05, 0.1) is 12.0 Å². The summed E-state index contributed by atoms with van der Waals surface area (Å²) in [5.74, 6) is 0.544. The largest absolute Gasteiger partial charge is 0.459 e. The van der Waals surface area contributed by atoms with Crippen molar-refractivity contribution in [2.45, 2.75) is 10.9 Å². The van der Waals surface area contributed by atoms with E-state index in [9.17, 15) is 9.59 Å². The second-order valence-electron chi connectivity index (χ2n) is 6.65. The standard InChI is InChI=1S/C20H21N5O3S2/c26-17(24-8-10-25(11-9-24)18(27)16-7-4-12-28-16)14-29-20-23-22-19(30-20)21-13-15-5-2-1-3-6-15/h1-7,12H,8-11,13-14H2,(H,21,22). The van der Waals surface area contributed by atoms with Gasteiger partial charge in [-0.2, -0.15) is 0 Å². The molecule has 3 aromatic rings. The Hall–Kier alpha value is -2.85. The summed E-state index contributed by atoms with van der Waals surface area (Å²) in [6, 6.07) is 13.4. The third kappa shape index (κ3) is 5.19. The molecule has 1 saturated heterocycles. The molecule has 30 heavy (non-hydrogen) atoms. The number of hydrogen-bond donors (Lipinski definition) is 1. The van der Waals surface area contributed by atoms with Gasteiger partial charge in [0.2, 0.25) is 11.0 Å². The summed E-state index contributed by atoms with van der Waals surface area (Å²) in [5, 5.41) is 12.3. The lowest BCUT2D eigenvalue weighted by molar-refractivity contribution is -0.129. The van der Waals surface area contributed by atoms with Crippen molar-refractivity contribution in [2.24, 2.45) is 0 Å². The van der Waals surface area contributed by atoms with Crippen LogP contribution >= 0.6 is 23.1 Å². The zero-order valence-electron chi connectivity index (χ0n) is 16.2. The van der Waals surface area contributed by atoms with E-state index >= 15 is 0 Å². The number of carbonyl (C=O) groups is 2. The van der Waals surface area contributed by atoms with Crippen LogP contribution in [0.25, 0.3) is 0 Å². The SMILES string of the molecule is O=C(CSc1nnc(NCc2ccccc2)s1)N1CCN(C(=O)c2ccco2)CC1. The Morgan fingerprint density at radius 1 is 1.03 bits per heavy atom. The molecule has 8 nitrogen and oxygen atoms in total. The van der Waals surface area contributed by atoms with Crippen molar-refractivity contribution in [2.75, 3.05) is 37.2 Å². The number of aromatic nitrogens is 2. The smallest absolute Gasteiger partial charge is 0.289 e. The van der Waals surface area contributed by atoms with Crippen molar-refractivity contribution < 1.29 is 14.0 Å². The number of thioether (sulfide) groups is 1. The molecule has 0 saturated carbocycles. The lowest BCUT2D eigenvalue weighted by Crippen LogP contribution is -2.51. The monoisotopic (exact) mass is 443 g/mol. The van der Waals surface area contributed by atoms with Crippen molar-refractivity contribution in [1.29, 1.82) is 0 Å². The number of benzene rings is 1. The predicted octanol–water partition coefficient (Wildman–Crippen LogP) is 2.82. The Balaban J connectivity index is 1.20. The second kappa shape index (κ2) is 9.77. The number of carbonyl (C=O) groups excluding carboxylic acids is 2. The lowest BCUT2D eigenvalue weighted by atomic mass is 10.2. The van der Waals surface area contributed by atoms with Gasteiger partial charge in [-0.3, -0.25) is 9.59 Å². The van der Waals surface area contributed by atoms with Crippen molar-refractivity contribution in [3.05, 3.63) is 60.1 Å². The third-order valence-electron chi connectivity index (χ3n) is 4.66. The zero-order chi connectivity index (χ0) is 20.8. The van der Waals surface area contributed by atoms with Crippen molar-refractivity contribution in [1.82, 2.24) is 20.0 Å². The first kappa shape index (κ1) is 20.4. The van der Waals surface area contributed by atoms with Gasteiger partial charge in [-0.1, -0.05) is 53.4 Å². The summed E-state index contributed by atoms with van der Waals surface area (Å²) in [7, 11) is 0. The van der Waals surface area contributed by atoms with Crippen molar-refractivity contribution >= 4 is 40.0 Å². The highest BCUT2D eigenvalue weighted by Crippen LogP contribution is 2.26. The van der Waals surface area contributed by atoms with Crippen LogP contribution in [-0.2, 0) is 11.3 Å². The summed E-state index contributed by atoms with van der Waals surface area (Å²) in [6.07, 6.45) is 1.49. The fraction of sp³-hybridized carbons (Fsp3) is 0.300. The highest BCUT2D eigenvalue weighted by atomic mass is 32.2. The van der Waals surface area contributed by atoms with E-state index in [-0.39, 0.29) is 11.8 Å². The molecule has 1 fully saturated rings. The summed E-state index contributed by atoms with van der Waals surface area (Å²) in [4.78, 5) is 28.3. The van der Waals surface area contributed by atoms with E-state index in [2.05, 4.69) is 15.5 Å². The van der Waals surface area contributed by atoms with E-state index in [0.717, 1.165) is 9.47 Å². The molecule has 0 atom stereocenters. The van der Waals surface area contributed by atoms with E-state index in [1.54, 1.807) is 21.9 Å². The maximum Gasteiger partial charge on any atom is 0.289 e. The van der Waals surface area contributed by atoms with Crippen molar-refractivity contribution in [3.63, 3.8) is 0 Å². The highest BCUT2D eigenvalue weighted by Gasteiger charge is 2.26. The molecule has 1 aliphatic rings. The van der Waals surface area contributed by atoms with Crippen LogP contribution in [0.2, 0.25) is 0 Å². The van der Waals surface area contributed by atoms with Gasteiger partial charge in [0.15, 0.2) is 10.1 Å². The van der Waals surface area contributed by atoms with Crippen LogP contribution in [-0.4, -0.2) is 63.7 Å². The van der Waals surface area contributed by atoms with Crippen LogP contribution in [0.5, 0.6) is 0 Å². The topological polar surface area (TPSA) is 91.6 Å². The van der Waals surface area contributed by atoms with Gasteiger partial charge < -0.3 is 19.5 Å². The van der Waals surface area contributed by atoms with Gasteiger partial charge in [0.25, 0.3) is 5.91 Å². The van der Waals surface area contributed by atoms with Crippen molar-refractivity contribution in [3.8, 4) is 0 Å². The Bertz CT molecular complexity index is 970. The molecule has 4 rings (SSSR count). The molecule has 2 amide bonds. The molecule has 0 aliphatic carbocycles. The minimum Gasteiger partial charge on any atom is -0.459 e. The third-order valence-corrected chi connectivity index (χ3v) is 6.66. The number of anilines is 1. The second-order valence-corrected chi connectivity index (χ2v) is 8.85. The number of furan rings is 1. The summed E-state index contributed by atoms with van der Waals surface area (Å²) >= 11 is 2.83. The highest BCUT2D eigenvalue weighted by molar-refractivity contribution is 8.01. The molecule has 0 radical (unpaired) electrons. The van der Waals surface area contributed by atoms with Gasteiger partial charge in [-0.25, -0.2) is 0 Å². The average molecular weight is 444 g/mol. The molecular formula is C20H21N5O3S2. The van der Waals surface area contributed by atoms with Crippen LogP contribution in [0, 0.1) is 0 Å². The van der Waals surface area contributed by atoms with Crippen LogP contribution in [0.1, 0.15) is 16.1 Å². The first-order valence-corrected chi connectivity index (χ1v) is 11.3. The number of rotatable bonds is 7. The Morgan fingerprint density at radius 2 is 1.80 bits per heavy atom. The van der Waals surface area contributed by atoms with Crippen LogP contribution in [0.3, 0.4) is 0 Å². The molecule has 0 bridgehead atoms. The lowest BCUT2D eigenvalue weighted by Gasteiger charge is -2.34. The fourth-order valence-corrected chi connectivity index (χ4v) is 4.69. The Labute approximate surface area is 182 Å². The van der Waals surface area contributed by atoms with E-state index in [1.807, 2.05) is 30.3 Å². The Morgan fingerprint density at radius 3 is 2.53 bits per heavy atom. The number of nitrogens with one attached hydrogen (secondary N) is 1. The Kier molecular flexibility index (Phi) is 6.65. The average Bonchev–Trinajstić information content (AvgIpc) is 3.49. The van der Waals surface area contributed by atoms with Gasteiger partial charge in [-0.15, -0.1) is 10.2 Å². The van der Waals surface area contributed by atoms with E-state index in [4.69, 9.17) is 4.42 Å². The molecule has 3 heterocycles. The molecule has 156 valence electrons. The predicted molar refractivity (Wildman–Crippen MR) is 116 cm³/mol. The molecular weight excluding hydrogens is 422 g/mol. The van der Waals surface area contributed by atoms with Gasteiger partial charge in [0.1, 0.15) is 0 Å². The molecule has 10 heteroatoms. The number of hydrogen-bond acceptors (Lipinski definition) is 8. The summed E-state index contributed by atoms with van der Waals surface area (Å²) < 4.78 is 5.92. The fourth-order valence-electron chi connectivity index (χ4n) is 3.04. The minimum absolute atomic E-state index is 0.0408. The number of nitrogens with zero attached hydrogens (tertiary/aromatic N) is 4. The first-order valence-electron chi connectivity index (χ1n) is 9.54. The number of amides is 2. The zero-order valence-corrected chi connectivity index (χ0v) is 17.8. The minimum atomic E-state index is -0.133. The summed E-state index contributed by atoms with van der Waals surface area (Å²) in [5.41, 5.74) is 1.17. The maximum absolute atomic E-state index is 12.5. The number of piperazine rings is 1. The van der Waals surface area contributed by atoms with Crippen LogP contribution in [0.15, 0.2) is 57.5 Å². The van der Waals surface area contributed by atoms with E-state index in [1.165, 1.54) is 34.9 Å². The normalized spacial score (nSPS) is 14.0. The van der Waals surface area contributed by atoms with Gasteiger partial charge in [0, 0.05) is 32.7 Å². The van der Waals surface area contributed by atoms with Gasteiger partial charge in [-0.05, 0) is 17.7 Å². The molecule has 1 aliphatic heterocycles. The molecule has 2 aromatic heterocycles. The maximum atomic E-state index is 12.5. The molecule has 0 unspecified atom stereocenters. The quantitative estimate of drug-likeness (QED) is 0.562. The van der Waals surface area contributed by atoms with E-state index in [0.29, 0.717) is 44.2 Å². The molecule has 1 aromatic carbocycles. The van der Waals surface area contributed by atoms with Gasteiger partial charge >= 0.3 is 0 Å². The molecule has 1 N–H and O–H groups in total. The van der Waals surface area contributed by atoms with E-state index < -0.39 is 0 Å². The van der Waals surface area contributed by atoms with Crippen LogP contribution < -0.4 is 5.32 Å².